The maximum absolute atomic E-state index is 3.76. The molecular weight excluding hydrogens is 232 g/mol. The first-order chi connectivity index (χ1) is 9.11. The minimum absolute atomic E-state index is 0.744. The predicted molar refractivity (Wildman–Crippen MR) is 83.5 cm³/mol. The summed E-state index contributed by atoms with van der Waals surface area (Å²) in [7, 11) is 0. The lowest BCUT2D eigenvalue weighted by atomic mass is 9.82. The molecule has 0 spiro atoms. The van der Waals surface area contributed by atoms with Crippen LogP contribution >= 0.6 is 0 Å². The van der Waals surface area contributed by atoms with Gasteiger partial charge < -0.3 is 5.32 Å². The average molecular weight is 266 g/mol. The Hall–Kier alpha value is -0.0800. The molecule has 0 heterocycles. The fourth-order valence-electron chi connectivity index (χ4n) is 3.65. The second-order valence-electron chi connectivity index (χ2n) is 7.30. The standard InChI is InChI=1S/C17H34N2/c1-5-18-16-9-6-14(4)12-17(16)19(15-7-8-15)11-10-13(2)3/h13-18H,5-12H2,1-4H3. The van der Waals surface area contributed by atoms with Crippen molar-refractivity contribution in [2.24, 2.45) is 11.8 Å². The first kappa shape index (κ1) is 15.3. The second-order valence-corrected chi connectivity index (χ2v) is 7.30. The fourth-order valence-corrected chi connectivity index (χ4v) is 3.65. The Balaban J connectivity index is 1.98. The molecular formula is C17H34N2. The second kappa shape index (κ2) is 7.08. The smallest absolute Gasteiger partial charge is 0.0254 e. The van der Waals surface area contributed by atoms with E-state index in [4.69, 9.17) is 0 Å². The Morgan fingerprint density at radius 3 is 2.47 bits per heavy atom. The van der Waals surface area contributed by atoms with Crippen LogP contribution < -0.4 is 5.32 Å². The van der Waals surface area contributed by atoms with Crippen molar-refractivity contribution in [1.29, 1.82) is 0 Å². The molecule has 0 saturated heterocycles. The summed E-state index contributed by atoms with van der Waals surface area (Å²) in [6.45, 7) is 11.9. The molecule has 19 heavy (non-hydrogen) atoms. The largest absolute Gasteiger partial charge is 0.313 e. The zero-order valence-electron chi connectivity index (χ0n) is 13.5. The van der Waals surface area contributed by atoms with Crippen LogP contribution in [0.25, 0.3) is 0 Å². The van der Waals surface area contributed by atoms with Crippen LogP contribution in [-0.4, -0.2) is 36.1 Å². The zero-order valence-corrected chi connectivity index (χ0v) is 13.5. The third kappa shape index (κ3) is 4.46. The first-order valence-electron chi connectivity index (χ1n) is 8.61. The van der Waals surface area contributed by atoms with E-state index in [0.717, 1.165) is 36.5 Å². The van der Waals surface area contributed by atoms with Gasteiger partial charge in [-0.05, 0) is 63.5 Å². The maximum atomic E-state index is 3.76. The zero-order chi connectivity index (χ0) is 13.8. The Morgan fingerprint density at radius 2 is 1.89 bits per heavy atom. The van der Waals surface area contributed by atoms with Crippen molar-refractivity contribution in [3.63, 3.8) is 0 Å². The molecule has 2 fully saturated rings. The van der Waals surface area contributed by atoms with E-state index in [1.54, 1.807) is 0 Å². The van der Waals surface area contributed by atoms with Gasteiger partial charge in [0, 0.05) is 18.1 Å². The molecule has 0 radical (unpaired) electrons. The molecule has 2 rings (SSSR count). The van der Waals surface area contributed by atoms with E-state index in [0.29, 0.717) is 0 Å². The van der Waals surface area contributed by atoms with Crippen LogP contribution in [0.1, 0.15) is 66.2 Å². The van der Waals surface area contributed by atoms with Crippen molar-refractivity contribution in [3.05, 3.63) is 0 Å². The van der Waals surface area contributed by atoms with Gasteiger partial charge in [0.05, 0.1) is 0 Å². The van der Waals surface area contributed by atoms with Crippen LogP contribution in [0.4, 0.5) is 0 Å². The number of likely N-dealkylation sites (N-methyl/N-ethyl adjacent to an activating group) is 1. The summed E-state index contributed by atoms with van der Waals surface area (Å²) in [4.78, 5) is 2.88. The molecule has 0 aliphatic heterocycles. The third-order valence-electron chi connectivity index (χ3n) is 4.95. The van der Waals surface area contributed by atoms with E-state index in [-0.39, 0.29) is 0 Å². The molecule has 0 aromatic rings. The molecule has 0 aromatic carbocycles. The number of hydrogen-bond donors (Lipinski definition) is 1. The summed E-state index contributed by atoms with van der Waals surface area (Å²) in [5.74, 6) is 1.75. The molecule has 0 aromatic heterocycles. The van der Waals surface area contributed by atoms with E-state index in [9.17, 15) is 0 Å². The highest BCUT2D eigenvalue weighted by atomic mass is 15.2. The van der Waals surface area contributed by atoms with E-state index >= 15 is 0 Å². The van der Waals surface area contributed by atoms with Gasteiger partial charge in [0.15, 0.2) is 0 Å². The van der Waals surface area contributed by atoms with Crippen molar-refractivity contribution in [1.82, 2.24) is 10.2 Å². The van der Waals surface area contributed by atoms with E-state index in [1.807, 2.05) is 0 Å². The van der Waals surface area contributed by atoms with Gasteiger partial charge in [-0.1, -0.05) is 27.7 Å². The van der Waals surface area contributed by atoms with Crippen molar-refractivity contribution < 1.29 is 0 Å². The van der Waals surface area contributed by atoms with Gasteiger partial charge in [-0.2, -0.15) is 0 Å². The molecule has 2 heteroatoms. The summed E-state index contributed by atoms with van der Waals surface area (Å²) in [6, 6.07) is 2.46. The molecule has 3 unspecified atom stereocenters. The van der Waals surface area contributed by atoms with Gasteiger partial charge >= 0.3 is 0 Å². The summed E-state index contributed by atoms with van der Waals surface area (Å²) in [5, 5.41) is 3.76. The summed E-state index contributed by atoms with van der Waals surface area (Å²) in [6.07, 6.45) is 8.46. The molecule has 2 nitrogen and oxygen atoms in total. The Bertz CT molecular complexity index is 260. The summed E-state index contributed by atoms with van der Waals surface area (Å²) in [5.41, 5.74) is 0. The number of rotatable bonds is 7. The van der Waals surface area contributed by atoms with Gasteiger partial charge in [-0.25, -0.2) is 0 Å². The quantitative estimate of drug-likeness (QED) is 0.756. The van der Waals surface area contributed by atoms with Gasteiger partial charge in [-0.15, -0.1) is 0 Å². The van der Waals surface area contributed by atoms with Crippen LogP contribution in [0, 0.1) is 11.8 Å². The van der Waals surface area contributed by atoms with Crippen molar-refractivity contribution in [2.45, 2.75) is 84.3 Å². The molecule has 2 aliphatic rings. The van der Waals surface area contributed by atoms with E-state index in [1.165, 1.54) is 45.1 Å². The van der Waals surface area contributed by atoms with E-state index in [2.05, 4.69) is 37.9 Å². The van der Waals surface area contributed by atoms with Crippen molar-refractivity contribution >= 4 is 0 Å². The van der Waals surface area contributed by atoms with Gasteiger partial charge in [0.1, 0.15) is 0 Å². The lowest BCUT2D eigenvalue weighted by Crippen LogP contribution is -2.54. The molecule has 2 saturated carbocycles. The Kier molecular flexibility index (Phi) is 5.70. The summed E-state index contributed by atoms with van der Waals surface area (Å²) < 4.78 is 0. The molecule has 0 bridgehead atoms. The van der Waals surface area contributed by atoms with Crippen molar-refractivity contribution in [2.75, 3.05) is 13.1 Å². The third-order valence-corrected chi connectivity index (χ3v) is 4.95. The normalized spacial score (nSPS) is 32.2. The van der Waals surface area contributed by atoms with Gasteiger partial charge in [-0.3, -0.25) is 4.90 Å². The monoisotopic (exact) mass is 266 g/mol. The topological polar surface area (TPSA) is 15.3 Å². The highest BCUT2D eigenvalue weighted by molar-refractivity contribution is 4.96. The van der Waals surface area contributed by atoms with Crippen LogP contribution in [0.15, 0.2) is 0 Å². The van der Waals surface area contributed by atoms with Crippen LogP contribution in [0.2, 0.25) is 0 Å². The minimum Gasteiger partial charge on any atom is -0.313 e. The Morgan fingerprint density at radius 1 is 1.16 bits per heavy atom. The molecule has 2 aliphatic carbocycles. The molecule has 1 N–H and O–H groups in total. The lowest BCUT2D eigenvalue weighted by molar-refractivity contribution is 0.0898. The van der Waals surface area contributed by atoms with Gasteiger partial charge in [0.2, 0.25) is 0 Å². The Labute approximate surface area is 120 Å². The molecule has 3 atom stereocenters. The SMILES string of the molecule is CCNC1CCC(C)CC1N(CCC(C)C)C1CC1. The highest BCUT2D eigenvalue weighted by Crippen LogP contribution is 2.36. The predicted octanol–water partition coefficient (Wildman–Crippen LogP) is 3.66. The van der Waals surface area contributed by atoms with Crippen LogP contribution in [-0.2, 0) is 0 Å². The lowest BCUT2D eigenvalue weighted by Gasteiger charge is -2.43. The van der Waals surface area contributed by atoms with Gasteiger partial charge in [0.25, 0.3) is 0 Å². The average Bonchev–Trinajstić information content (AvgIpc) is 3.17. The first-order valence-corrected chi connectivity index (χ1v) is 8.61. The summed E-state index contributed by atoms with van der Waals surface area (Å²) >= 11 is 0. The fraction of sp³-hybridized carbons (Fsp3) is 1.00. The minimum atomic E-state index is 0.744. The number of nitrogens with zero attached hydrogens (tertiary/aromatic N) is 1. The highest BCUT2D eigenvalue weighted by Gasteiger charge is 2.39. The van der Waals surface area contributed by atoms with Crippen molar-refractivity contribution in [3.8, 4) is 0 Å². The maximum Gasteiger partial charge on any atom is 0.0254 e. The number of nitrogens with one attached hydrogen (secondary N) is 1. The molecule has 112 valence electrons. The van der Waals surface area contributed by atoms with Crippen LogP contribution in [0.3, 0.4) is 0 Å². The van der Waals surface area contributed by atoms with E-state index < -0.39 is 0 Å². The number of hydrogen-bond acceptors (Lipinski definition) is 2. The molecule has 0 amide bonds. The van der Waals surface area contributed by atoms with Crippen LogP contribution in [0.5, 0.6) is 0 Å².